The summed E-state index contributed by atoms with van der Waals surface area (Å²) < 4.78 is 5.36. The van der Waals surface area contributed by atoms with Crippen molar-refractivity contribution in [2.45, 2.75) is 32.4 Å². The molecule has 6 heteroatoms. The van der Waals surface area contributed by atoms with Crippen molar-refractivity contribution < 1.29 is 14.3 Å². The highest BCUT2D eigenvalue weighted by atomic mass is 16.5. The van der Waals surface area contributed by atoms with Crippen LogP contribution in [0.4, 0.5) is 11.4 Å². The van der Waals surface area contributed by atoms with Crippen LogP contribution in [0.3, 0.4) is 0 Å². The Morgan fingerprint density at radius 2 is 1.88 bits per heavy atom. The fourth-order valence-corrected chi connectivity index (χ4v) is 3.52. The fraction of sp³-hybridized carbons (Fsp3) is 0.300. The van der Waals surface area contributed by atoms with Crippen LogP contribution in [0, 0.1) is 0 Å². The van der Waals surface area contributed by atoms with Crippen LogP contribution in [0.5, 0.6) is 5.75 Å². The third-order valence-corrected chi connectivity index (χ3v) is 4.74. The minimum absolute atomic E-state index is 0.0186. The normalized spacial score (nSPS) is 18.8. The SMILES string of the molecule is COc1ccc2c(c1)[C@H](Nc1ccc(C(N)=O)cc1)C[C@H](C)N2C(C)=O. The third-order valence-electron chi connectivity index (χ3n) is 4.74. The van der Waals surface area contributed by atoms with Crippen LogP contribution in [0.1, 0.15) is 42.2 Å². The van der Waals surface area contributed by atoms with E-state index in [1.807, 2.05) is 42.2 Å². The van der Waals surface area contributed by atoms with E-state index in [1.165, 1.54) is 0 Å². The quantitative estimate of drug-likeness (QED) is 0.884. The Hall–Kier alpha value is -3.02. The van der Waals surface area contributed by atoms with Crippen LogP contribution >= 0.6 is 0 Å². The lowest BCUT2D eigenvalue weighted by molar-refractivity contribution is -0.117. The zero-order valence-electron chi connectivity index (χ0n) is 15.2. The van der Waals surface area contributed by atoms with Gasteiger partial charge in [0.05, 0.1) is 13.2 Å². The number of benzene rings is 2. The van der Waals surface area contributed by atoms with Gasteiger partial charge in [0.25, 0.3) is 0 Å². The summed E-state index contributed by atoms with van der Waals surface area (Å²) in [6.07, 6.45) is 0.761. The van der Waals surface area contributed by atoms with Gasteiger partial charge in [-0.3, -0.25) is 9.59 Å². The van der Waals surface area contributed by atoms with Crippen molar-refractivity contribution in [3.05, 3.63) is 53.6 Å². The number of carbonyl (C=O) groups excluding carboxylic acids is 2. The third kappa shape index (κ3) is 3.35. The van der Waals surface area contributed by atoms with Crippen molar-refractivity contribution in [2.24, 2.45) is 5.73 Å². The maximum absolute atomic E-state index is 12.1. The first kappa shape index (κ1) is 17.8. The van der Waals surface area contributed by atoms with Crippen LogP contribution in [0.2, 0.25) is 0 Å². The van der Waals surface area contributed by atoms with E-state index < -0.39 is 5.91 Å². The smallest absolute Gasteiger partial charge is 0.248 e. The monoisotopic (exact) mass is 353 g/mol. The number of rotatable bonds is 4. The first-order valence-corrected chi connectivity index (χ1v) is 8.55. The molecule has 2 aromatic rings. The van der Waals surface area contributed by atoms with E-state index in [1.54, 1.807) is 26.2 Å². The molecule has 2 amide bonds. The Morgan fingerprint density at radius 3 is 2.46 bits per heavy atom. The number of carbonyl (C=O) groups is 2. The largest absolute Gasteiger partial charge is 0.497 e. The fourth-order valence-electron chi connectivity index (χ4n) is 3.52. The highest BCUT2D eigenvalue weighted by molar-refractivity contribution is 5.94. The van der Waals surface area contributed by atoms with Crippen molar-refractivity contribution in [3.63, 3.8) is 0 Å². The lowest BCUT2D eigenvalue weighted by Crippen LogP contribution is -2.43. The van der Waals surface area contributed by atoms with Gasteiger partial charge in [0.15, 0.2) is 0 Å². The number of hydrogen-bond donors (Lipinski definition) is 2. The van der Waals surface area contributed by atoms with E-state index in [9.17, 15) is 9.59 Å². The summed E-state index contributed by atoms with van der Waals surface area (Å²) in [5.41, 5.74) is 8.55. The Morgan fingerprint density at radius 1 is 1.19 bits per heavy atom. The van der Waals surface area contributed by atoms with Crippen molar-refractivity contribution in [2.75, 3.05) is 17.3 Å². The molecule has 3 rings (SSSR count). The lowest BCUT2D eigenvalue weighted by Gasteiger charge is -2.39. The first-order chi connectivity index (χ1) is 12.4. The molecular formula is C20H23N3O3. The molecule has 0 spiro atoms. The molecule has 0 unspecified atom stereocenters. The number of ether oxygens (including phenoxy) is 1. The molecule has 136 valence electrons. The van der Waals surface area contributed by atoms with E-state index in [2.05, 4.69) is 5.32 Å². The molecule has 0 aromatic heterocycles. The topological polar surface area (TPSA) is 84.7 Å². The van der Waals surface area contributed by atoms with E-state index >= 15 is 0 Å². The van der Waals surface area contributed by atoms with E-state index in [0.717, 1.165) is 29.1 Å². The van der Waals surface area contributed by atoms with Gasteiger partial charge in [-0.2, -0.15) is 0 Å². The minimum atomic E-state index is -0.449. The summed E-state index contributed by atoms with van der Waals surface area (Å²) in [5.74, 6) is 0.320. The number of anilines is 2. The summed E-state index contributed by atoms with van der Waals surface area (Å²) in [7, 11) is 1.63. The van der Waals surface area contributed by atoms with Gasteiger partial charge < -0.3 is 20.7 Å². The molecule has 1 aliphatic heterocycles. The molecule has 1 heterocycles. The number of hydrogen-bond acceptors (Lipinski definition) is 4. The van der Waals surface area contributed by atoms with Gasteiger partial charge in [0.1, 0.15) is 5.75 Å². The molecule has 0 saturated carbocycles. The highest BCUT2D eigenvalue weighted by Gasteiger charge is 2.32. The van der Waals surface area contributed by atoms with Crippen molar-refractivity contribution in [3.8, 4) is 5.75 Å². The maximum Gasteiger partial charge on any atom is 0.248 e. The van der Waals surface area contributed by atoms with Crippen LogP contribution in [-0.4, -0.2) is 25.0 Å². The molecule has 0 saturated heterocycles. The molecular weight excluding hydrogens is 330 g/mol. The highest BCUT2D eigenvalue weighted by Crippen LogP contribution is 2.40. The first-order valence-electron chi connectivity index (χ1n) is 8.55. The molecule has 0 radical (unpaired) electrons. The molecule has 0 bridgehead atoms. The van der Waals surface area contributed by atoms with Gasteiger partial charge in [0.2, 0.25) is 11.8 Å². The zero-order chi connectivity index (χ0) is 18.8. The van der Waals surface area contributed by atoms with E-state index in [-0.39, 0.29) is 18.0 Å². The van der Waals surface area contributed by atoms with Crippen LogP contribution in [0.25, 0.3) is 0 Å². The Kier molecular flexibility index (Phi) is 4.84. The Labute approximate surface area is 152 Å². The average Bonchev–Trinajstić information content (AvgIpc) is 2.61. The second kappa shape index (κ2) is 7.07. The number of nitrogens with zero attached hydrogens (tertiary/aromatic N) is 1. The van der Waals surface area contributed by atoms with Crippen molar-refractivity contribution in [1.29, 1.82) is 0 Å². The number of methoxy groups -OCH3 is 1. The Bertz CT molecular complexity index is 833. The summed E-state index contributed by atoms with van der Waals surface area (Å²) in [5, 5.41) is 3.50. The second-order valence-corrected chi connectivity index (χ2v) is 6.54. The zero-order valence-corrected chi connectivity index (χ0v) is 15.2. The van der Waals surface area contributed by atoms with Gasteiger partial charge in [-0.25, -0.2) is 0 Å². The van der Waals surface area contributed by atoms with E-state index in [0.29, 0.717) is 5.56 Å². The maximum atomic E-state index is 12.1. The summed E-state index contributed by atoms with van der Waals surface area (Å²) in [6, 6.07) is 12.9. The standard InChI is InChI=1S/C20H23N3O3/c1-12-10-18(22-15-6-4-14(5-7-15)20(21)25)17-11-16(26-3)8-9-19(17)23(12)13(2)24/h4-9,11-12,18,22H,10H2,1-3H3,(H2,21,25)/t12-,18+/m0/s1. The van der Waals surface area contributed by atoms with Gasteiger partial charge in [0, 0.05) is 35.5 Å². The Balaban J connectivity index is 1.95. The predicted molar refractivity (Wildman–Crippen MR) is 102 cm³/mol. The molecule has 6 nitrogen and oxygen atoms in total. The molecule has 26 heavy (non-hydrogen) atoms. The molecule has 0 aliphatic carbocycles. The van der Waals surface area contributed by atoms with Crippen LogP contribution < -0.4 is 20.7 Å². The van der Waals surface area contributed by atoms with Gasteiger partial charge in [-0.1, -0.05) is 0 Å². The van der Waals surface area contributed by atoms with Gasteiger partial charge in [-0.15, -0.1) is 0 Å². The number of primary amides is 1. The summed E-state index contributed by atoms with van der Waals surface area (Å²) >= 11 is 0. The summed E-state index contributed by atoms with van der Waals surface area (Å²) in [4.78, 5) is 25.2. The lowest BCUT2D eigenvalue weighted by atomic mass is 9.91. The molecule has 1 aliphatic rings. The van der Waals surface area contributed by atoms with Gasteiger partial charge >= 0.3 is 0 Å². The minimum Gasteiger partial charge on any atom is -0.497 e. The molecule has 0 fully saturated rings. The van der Waals surface area contributed by atoms with Gasteiger partial charge in [-0.05, 0) is 55.8 Å². The second-order valence-electron chi connectivity index (χ2n) is 6.54. The summed E-state index contributed by atoms with van der Waals surface area (Å²) in [6.45, 7) is 3.63. The molecule has 3 N–H and O–H groups in total. The van der Waals surface area contributed by atoms with Crippen molar-refractivity contribution >= 4 is 23.2 Å². The van der Waals surface area contributed by atoms with Crippen LogP contribution in [0.15, 0.2) is 42.5 Å². The molecule has 2 aromatic carbocycles. The average molecular weight is 353 g/mol. The van der Waals surface area contributed by atoms with Crippen LogP contribution in [-0.2, 0) is 4.79 Å². The number of nitrogens with two attached hydrogens (primary N) is 1. The number of nitrogens with one attached hydrogen (secondary N) is 1. The van der Waals surface area contributed by atoms with E-state index in [4.69, 9.17) is 10.5 Å². The molecule has 2 atom stereocenters. The predicted octanol–water partition coefficient (Wildman–Crippen LogP) is 3.09. The van der Waals surface area contributed by atoms with Crippen molar-refractivity contribution in [1.82, 2.24) is 0 Å². The number of fused-ring (bicyclic) bond motifs is 1. The number of amides is 2.